The first-order valence-electron chi connectivity index (χ1n) is 5.34. The number of aryl methyl sites for hydroxylation is 1. The van der Waals surface area contributed by atoms with Crippen molar-refractivity contribution in [2.45, 2.75) is 25.4 Å². The Morgan fingerprint density at radius 1 is 1.59 bits per heavy atom. The van der Waals surface area contributed by atoms with Gasteiger partial charge in [-0.1, -0.05) is 0 Å². The highest BCUT2D eigenvalue weighted by Crippen LogP contribution is 2.11. The maximum Gasteiger partial charge on any atom is 0.324 e. The second kappa shape index (κ2) is 4.92. The molecular formula is C11H12N4O2. The third kappa shape index (κ3) is 2.59. The van der Waals surface area contributed by atoms with E-state index in [2.05, 4.69) is 9.97 Å². The number of hydrogen-bond donors (Lipinski definition) is 1. The lowest BCUT2D eigenvalue weighted by atomic mass is 10.2. The number of rotatable bonds is 5. The molecule has 88 valence electrons. The van der Waals surface area contributed by atoms with Crippen LogP contribution in [0.15, 0.2) is 24.8 Å². The van der Waals surface area contributed by atoms with Crippen LogP contribution in [0.5, 0.6) is 0 Å². The van der Waals surface area contributed by atoms with Crippen LogP contribution in [-0.4, -0.2) is 31.7 Å². The lowest BCUT2D eigenvalue weighted by Crippen LogP contribution is -2.21. The number of aliphatic carboxylic acids is 1. The van der Waals surface area contributed by atoms with E-state index >= 15 is 0 Å². The highest BCUT2D eigenvalue weighted by Gasteiger charge is 2.13. The molecule has 0 spiro atoms. The lowest BCUT2D eigenvalue weighted by Gasteiger charge is -2.05. The van der Waals surface area contributed by atoms with Crippen molar-refractivity contribution in [3.63, 3.8) is 0 Å². The van der Waals surface area contributed by atoms with Crippen molar-refractivity contribution in [3.05, 3.63) is 24.8 Å². The summed E-state index contributed by atoms with van der Waals surface area (Å²) in [5, 5.41) is 8.53. The van der Waals surface area contributed by atoms with E-state index in [0.717, 1.165) is 11.0 Å². The molecular weight excluding hydrogens is 220 g/mol. The molecule has 1 N–H and O–H groups in total. The molecule has 1 unspecified atom stereocenters. The smallest absolute Gasteiger partial charge is 0.324 e. The minimum absolute atomic E-state index is 0.231. The van der Waals surface area contributed by atoms with Crippen molar-refractivity contribution in [1.82, 2.24) is 20.3 Å². The van der Waals surface area contributed by atoms with Crippen LogP contribution in [0.3, 0.4) is 0 Å². The summed E-state index contributed by atoms with van der Waals surface area (Å²) in [6.45, 7) is 0.618. The third-order valence-corrected chi connectivity index (χ3v) is 2.58. The number of pyridine rings is 1. The van der Waals surface area contributed by atoms with E-state index < -0.39 is 12.0 Å². The quantitative estimate of drug-likeness (QED) is 0.822. The molecule has 0 aliphatic rings. The number of carboxylic acid groups (broad SMARTS) is 1. The number of carboxylic acids is 1. The minimum atomic E-state index is -1.29. The molecule has 0 saturated heterocycles. The zero-order valence-electron chi connectivity index (χ0n) is 9.15. The van der Waals surface area contributed by atoms with Gasteiger partial charge in [0.05, 0.1) is 23.6 Å². The van der Waals surface area contributed by atoms with Crippen molar-refractivity contribution in [2.24, 2.45) is 0 Å². The second-order valence-corrected chi connectivity index (χ2v) is 3.80. The maximum absolute atomic E-state index is 10.4. The fraction of sp³-hybridized carbons (Fsp3) is 0.364. The van der Waals surface area contributed by atoms with Gasteiger partial charge in [-0.15, -0.1) is 5.73 Å². The van der Waals surface area contributed by atoms with E-state index in [1.807, 2.05) is 10.6 Å². The third-order valence-electron chi connectivity index (χ3n) is 2.58. The number of nitrogens with zero attached hydrogens (tertiary/aromatic N) is 4. The van der Waals surface area contributed by atoms with Gasteiger partial charge in [0.2, 0.25) is 0 Å². The molecule has 0 bridgehead atoms. The van der Waals surface area contributed by atoms with Gasteiger partial charge in [0, 0.05) is 12.7 Å². The Balaban J connectivity index is 1.98. The van der Waals surface area contributed by atoms with E-state index in [4.69, 9.17) is 10.8 Å². The molecule has 2 heterocycles. The van der Waals surface area contributed by atoms with E-state index in [1.165, 1.54) is 0 Å². The van der Waals surface area contributed by atoms with Gasteiger partial charge < -0.3 is 9.67 Å². The molecule has 0 aliphatic heterocycles. The highest BCUT2D eigenvalue weighted by molar-refractivity contribution is 5.73. The molecule has 6 nitrogen and oxygen atoms in total. The number of carbonyl (C=O) groups is 1. The van der Waals surface area contributed by atoms with Crippen molar-refractivity contribution in [2.75, 3.05) is 0 Å². The summed E-state index contributed by atoms with van der Waals surface area (Å²) < 4.78 is 1.90. The Kier molecular flexibility index (Phi) is 3.34. The normalized spacial score (nSPS) is 12.8. The molecule has 2 rings (SSSR count). The Morgan fingerprint density at radius 3 is 3.18 bits per heavy atom. The van der Waals surface area contributed by atoms with Gasteiger partial charge in [0.1, 0.15) is 6.04 Å². The lowest BCUT2D eigenvalue weighted by molar-refractivity contribution is -0.138. The minimum Gasteiger partial charge on any atom is -0.480 e. The number of imidazole rings is 1. The van der Waals surface area contributed by atoms with Crippen LogP contribution in [-0.2, 0) is 11.3 Å². The average molecular weight is 232 g/mol. The van der Waals surface area contributed by atoms with Crippen LogP contribution in [0.4, 0.5) is 0 Å². The first-order valence-corrected chi connectivity index (χ1v) is 5.34. The summed E-state index contributed by atoms with van der Waals surface area (Å²) >= 11 is 0. The second-order valence-electron chi connectivity index (χ2n) is 3.80. The van der Waals surface area contributed by atoms with Gasteiger partial charge in [-0.3, -0.25) is 9.78 Å². The van der Waals surface area contributed by atoms with Gasteiger partial charge in [0.25, 0.3) is 0 Å². The van der Waals surface area contributed by atoms with Gasteiger partial charge in [0.15, 0.2) is 0 Å². The molecule has 0 aliphatic carbocycles. The van der Waals surface area contributed by atoms with E-state index in [1.54, 1.807) is 18.7 Å². The van der Waals surface area contributed by atoms with Crippen molar-refractivity contribution in [3.8, 4) is 0 Å². The maximum atomic E-state index is 10.4. The van der Waals surface area contributed by atoms with Gasteiger partial charge in [-0.2, -0.15) is 0 Å². The fourth-order valence-corrected chi connectivity index (χ4v) is 1.66. The van der Waals surface area contributed by atoms with Crippen molar-refractivity contribution >= 4 is 17.0 Å². The van der Waals surface area contributed by atoms with E-state index in [0.29, 0.717) is 13.0 Å². The summed E-state index contributed by atoms with van der Waals surface area (Å²) in [4.78, 5) is 18.6. The topological polar surface area (TPSA) is 90.3 Å². The molecule has 1 atom stereocenters. The standard InChI is InChI=1S/C11H12N4O2/c12-8(11(16)17)2-1-5-15-7-14-9-3-4-13-6-10(9)15/h3-4,6-8H,1-2,5H2,(H,16,17). The molecule has 0 amide bonds. The summed E-state index contributed by atoms with van der Waals surface area (Å²) in [5.41, 5.74) is 10.9. The van der Waals surface area contributed by atoms with Crippen LogP contribution < -0.4 is 5.73 Å². The highest BCUT2D eigenvalue weighted by atomic mass is 16.4. The molecule has 2 aromatic rings. The molecule has 2 radical (unpaired) electrons. The molecule has 17 heavy (non-hydrogen) atoms. The molecule has 0 aromatic carbocycles. The summed E-state index contributed by atoms with van der Waals surface area (Å²) in [5.74, 6) is -1.18. The Bertz CT molecular complexity index is 523. The van der Waals surface area contributed by atoms with Crippen LogP contribution in [0.1, 0.15) is 12.8 Å². The monoisotopic (exact) mass is 232 g/mol. The first-order chi connectivity index (χ1) is 8.18. The van der Waals surface area contributed by atoms with Crippen LogP contribution >= 0.6 is 0 Å². The molecule has 2 aromatic heterocycles. The average Bonchev–Trinajstić information content (AvgIpc) is 2.72. The zero-order chi connectivity index (χ0) is 12.3. The summed E-state index contributed by atoms with van der Waals surface area (Å²) in [6, 6.07) is 0.528. The van der Waals surface area contributed by atoms with Crippen LogP contribution in [0.2, 0.25) is 0 Å². The number of hydrogen-bond acceptors (Lipinski definition) is 3. The Morgan fingerprint density at radius 2 is 2.41 bits per heavy atom. The van der Waals surface area contributed by atoms with Crippen LogP contribution in [0.25, 0.3) is 11.0 Å². The van der Waals surface area contributed by atoms with Crippen LogP contribution in [0, 0.1) is 0 Å². The van der Waals surface area contributed by atoms with Crippen molar-refractivity contribution in [1.29, 1.82) is 0 Å². The molecule has 6 heteroatoms. The van der Waals surface area contributed by atoms with Gasteiger partial charge in [-0.05, 0) is 18.9 Å². The summed E-state index contributed by atoms with van der Waals surface area (Å²) in [7, 11) is 0. The largest absolute Gasteiger partial charge is 0.480 e. The first kappa shape index (κ1) is 11.5. The predicted octanol–water partition coefficient (Wildman–Crippen LogP) is 0.733. The van der Waals surface area contributed by atoms with Crippen molar-refractivity contribution < 1.29 is 9.90 Å². The summed E-state index contributed by atoms with van der Waals surface area (Å²) in [6.07, 6.45) is 5.90. The van der Waals surface area contributed by atoms with E-state index in [9.17, 15) is 4.79 Å². The predicted molar refractivity (Wildman–Crippen MR) is 60.3 cm³/mol. The molecule has 0 fully saturated rings. The Labute approximate surface area is 98.1 Å². The van der Waals surface area contributed by atoms with Gasteiger partial charge >= 0.3 is 5.97 Å². The zero-order valence-corrected chi connectivity index (χ0v) is 9.15. The fourth-order valence-electron chi connectivity index (χ4n) is 1.66. The SMILES string of the molecule is [N]C(CCCn1cnc2ccncc21)C(=O)O. The number of fused-ring (bicyclic) bond motifs is 1. The van der Waals surface area contributed by atoms with Gasteiger partial charge in [-0.25, -0.2) is 4.98 Å². The number of aromatic nitrogens is 3. The van der Waals surface area contributed by atoms with E-state index in [-0.39, 0.29) is 6.42 Å². The Hall–Kier alpha value is -1.95. The molecule has 0 saturated carbocycles.